The molecule has 0 aliphatic rings. The molecule has 0 atom stereocenters. The number of halogens is 1. The third-order valence-corrected chi connectivity index (χ3v) is 1.70. The molecule has 0 amide bonds. The molecule has 0 spiro atoms. The summed E-state index contributed by atoms with van der Waals surface area (Å²) in [6.07, 6.45) is 0. The predicted molar refractivity (Wildman–Crippen MR) is 46.6 cm³/mol. The molecule has 0 fully saturated rings. The van der Waals surface area contributed by atoms with Gasteiger partial charge in [-0.3, -0.25) is 0 Å². The maximum absolute atomic E-state index is 12.7. The monoisotopic (exact) mass is 169 g/mol. The number of anilines is 1. The predicted octanol–water partition coefficient (Wildman–Crippen LogP) is 1.38. The van der Waals surface area contributed by atoms with Crippen LogP contribution in [-0.4, -0.2) is 19.2 Å². The van der Waals surface area contributed by atoms with Crippen LogP contribution in [0.2, 0.25) is 0 Å². The second kappa shape index (κ2) is 3.54. The number of aliphatic hydroxyl groups excluding tert-OH is 1. The highest BCUT2D eigenvalue weighted by atomic mass is 19.1. The van der Waals surface area contributed by atoms with E-state index in [9.17, 15) is 4.39 Å². The first-order chi connectivity index (χ1) is 5.65. The van der Waals surface area contributed by atoms with Crippen molar-refractivity contribution >= 4 is 5.69 Å². The molecular formula is C9H12FNO. The number of nitrogens with zero attached hydrogens (tertiary/aromatic N) is 1. The van der Waals surface area contributed by atoms with Gasteiger partial charge in [0, 0.05) is 25.3 Å². The summed E-state index contributed by atoms with van der Waals surface area (Å²) in [6.45, 7) is -0.0617. The molecule has 0 aromatic heterocycles. The number of hydrogen-bond donors (Lipinski definition) is 1. The normalized spacial score (nSPS) is 10.0. The molecule has 0 heterocycles. The summed E-state index contributed by atoms with van der Waals surface area (Å²) in [5, 5.41) is 8.91. The Bertz CT molecular complexity index is 273. The highest BCUT2D eigenvalue weighted by Crippen LogP contribution is 2.19. The van der Waals surface area contributed by atoms with E-state index in [1.54, 1.807) is 11.0 Å². The first kappa shape index (κ1) is 9.00. The molecule has 0 radical (unpaired) electrons. The maximum Gasteiger partial charge on any atom is 0.125 e. The quantitative estimate of drug-likeness (QED) is 0.723. The third-order valence-electron chi connectivity index (χ3n) is 1.70. The Kier molecular flexibility index (Phi) is 2.65. The van der Waals surface area contributed by atoms with Crippen LogP contribution < -0.4 is 4.90 Å². The van der Waals surface area contributed by atoms with Crippen LogP contribution in [-0.2, 0) is 6.61 Å². The molecule has 1 N–H and O–H groups in total. The second-order valence-electron chi connectivity index (χ2n) is 2.83. The summed E-state index contributed by atoms with van der Waals surface area (Å²) < 4.78 is 12.7. The molecule has 12 heavy (non-hydrogen) atoms. The van der Waals surface area contributed by atoms with E-state index >= 15 is 0 Å². The summed E-state index contributed by atoms with van der Waals surface area (Å²) in [7, 11) is 3.63. The summed E-state index contributed by atoms with van der Waals surface area (Å²) in [5.41, 5.74) is 1.46. The zero-order valence-electron chi connectivity index (χ0n) is 7.21. The van der Waals surface area contributed by atoms with Gasteiger partial charge in [0.2, 0.25) is 0 Å². The molecule has 2 nitrogen and oxygen atoms in total. The summed E-state index contributed by atoms with van der Waals surface area (Å²) in [5.74, 6) is -0.282. The van der Waals surface area contributed by atoms with E-state index in [-0.39, 0.29) is 12.4 Å². The third kappa shape index (κ3) is 1.74. The lowest BCUT2D eigenvalue weighted by molar-refractivity contribution is 0.282. The average molecular weight is 169 g/mol. The van der Waals surface area contributed by atoms with Crippen molar-refractivity contribution in [1.82, 2.24) is 0 Å². The Hall–Kier alpha value is -1.09. The Labute approximate surface area is 71.2 Å². The van der Waals surface area contributed by atoms with Crippen molar-refractivity contribution in [2.45, 2.75) is 6.61 Å². The fourth-order valence-corrected chi connectivity index (χ4v) is 1.09. The molecule has 1 rings (SSSR count). The molecule has 0 unspecified atom stereocenters. The lowest BCUT2D eigenvalue weighted by Gasteiger charge is -2.15. The Morgan fingerprint density at radius 2 is 2.08 bits per heavy atom. The Balaban J connectivity index is 3.12. The van der Waals surface area contributed by atoms with Crippen molar-refractivity contribution in [3.8, 4) is 0 Å². The zero-order chi connectivity index (χ0) is 9.14. The highest BCUT2D eigenvalue weighted by Gasteiger charge is 2.04. The molecule has 0 saturated heterocycles. The molecule has 1 aromatic rings. The van der Waals surface area contributed by atoms with Gasteiger partial charge in [0.25, 0.3) is 0 Å². The van der Waals surface area contributed by atoms with Crippen molar-refractivity contribution in [2.75, 3.05) is 19.0 Å². The molecule has 0 saturated carbocycles. The smallest absolute Gasteiger partial charge is 0.125 e. The Morgan fingerprint density at radius 3 is 2.58 bits per heavy atom. The minimum Gasteiger partial charge on any atom is -0.392 e. The summed E-state index contributed by atoms with van der Waals surface area (Å²) in [6, 6.07) is 4.34. The van der Waals surface area contributed by atoms with Crippen molar-refractivity contribution in [3.05, 3.63) is 29.6 Å². The summed E-state index contributed by atoms with van der Waals surface area (Å²) in [4.78, 5) is 1.77. The number of benzene rings is 1. The number of hydrogen-bond acceptors (Lipinski definition) is 2. The van der Waals surface area contributed by atoms with Crippen molar-refractivity contribution < 1.29 is 9.50 Å². The van der Waals surface area contributed by atoms with E-state index < -0.39 is 0 Å². The van der Waals surface area contributed by atoms with Crippen LogP contribution in [0.5, 0.6) is 0 Å². The van der Waals surface area contributed by atoms with Gasteiger partial charge in [-0.25, -0.2) is 4.39 Å². The molecule has 3 heteroatoms. The van der Waals surface area contributed by atoms with Gasteiger partial charge in [0.15, 0.2) is 0 Å². The lowest BCUT2D eigenvalue weighted by atomic mass is 10.2. The fraction of sp³-hybridized carbons (Fsp3) is 0.333. The molecule has 1 aromatic carbocycles. The van der Waals surface area contributed by atoms with E-state index in [2.05, 4.69) is 0 Å². The van der Waals surface area contributed by atoms with Gasteiger partial charge in [-0.2, -0.15) is 0 Å². The van der Waals surface area contributed by atoms with Gasteiger partial charge in [-0.05, 0) is 12.1 Å². The molecular weight excluding hydrogens is 157 g/mol. The van der Waals surface area contributed by atoms with Gasteiger partial charge in [-0.1, -0.05) is 6.07 Å². The number of rotatable bonds is 2. The average Bonchev–Trinajstić information content (AvgIpc) is 2.04. The van der Waals surface area contributed by atoms with Crippen LogP contribution in [0.25, 0.3) is 0 Å². The second-order valence-corrected chi connectivity index (χ2v) is 2.83. The van der Waals surface area contributed by atoms with Gasteiger partial charge in [0.05, 0.1) is 6.61 Å². The van der Waals surface area contributed by atoms with Crippen LogP contribution in [0.3, 0.4) is 0 Å². The van der Waals surface area contributed by atoms with E-state index in [0.29, 0.717) is 0 Å². The minimum absolute atomic E-state index is 0.0617. The minimum atomic E-state index is -0.282. The standard InChI is InChI=1S/C9H12FNO/c1-11(2)9-5-8(10)4-3-7(9)6-12/h3-5,12H,6H2,1-2H3. The Morgan fingerprint density at radius 1 is 1.42 bits per heavy atom. The van der Waals surface area contributed by atoms with Gasteiger partial charge >= 0.3 is 0 Å². The van der Waals surface area contributed by atoms with E-state index in [1.807, 2.05) is 14.1 Å². The van der Waals surface area contributed by atoms with Crippen LogP contribution in [0, 0.1) is 5.82 Å². The highest BCUT2D eigenvalue weighted by molar-refractivity contribution is 5.52. The lowest BCUT2D eigenvalue weighted by Crippen LogP contribution is -2.11. The first-order valence-corrected chi connectivity index (χ1v) is 3.71. The topological polar surface area (TPSA) is 23.5 Å². The number of aliphatic hydroxyl groups is 1. The van der Waals surface area contributed by atoms with Crippen molar-refractivity contribution in [3.63, 3.8) is 0 Å². The first-order valence-electron chi connectivity index (χ1n) is 3.71. The van der Waals surface area contributed by atoms with E-state index in [4.69, 9.17) is 5.11 Å². The van der Waals surface area contributed by atoms with Crippen molar-refractivity contribution in [1.29, 1.82) is 0 Å². The van der Waals surface area contributed by atoms with E-state index in [0.717, 1.165) is 11.3 Å². The maximum atomic E-state index is 12.7. The van der Waals surface area contributed by atoms with Crippen LogP contribution in [0.4, 0.5) is 10.1 Å². The molecule has 0 aliphatic carbocycles. The zero-order valence-corrected chi connectivity index (χ0v) is 7.21. The molecule has 0 bridgehead atoms. The SMILES string of the molecule is CN(C)c1cc(F)ccc1CO. The molecule has 0 aliphatic heterocycles. The van der Waals surface area contributed by atoms with E-state index in [1.165, 1.54) is 12.1 Å². The molecule has 66 valence electrons. The van der Waals surface area contributed by atoms with Crippen LogP contribution >= 0.6 is 0 Å². The van der Waals surface area contributed by atoms with Crippen LogP contribution in [0.15, 0.2) is 18.2 Å². The fourth-order valence-electron chi connectivity index (χ4n) is 1.09. The van der Waals surface area contributed by atoms with Crippen molar-refractivity contribution in [2.24, 2.45) is 0 Å². The largest absolute Gasteiger partial charge is 0.392 e. The van der Waals surface area contributed by atoms with Gasteiger partial charge < -0.3 is 10.0 Å². The van der Waals surface area contributed by atoms with Gasteiger partial charge in [0.1, 0.15) is 5.82 Å². The van der Waals surface area contributed by atoms with Gasteiger partial charge in [-0.15, -0.1) is 0 Å². The summed E-state index contributed by atoms with van der Waals surface area (Å²) >= 11 is 0. The van der Waals surface area contributed by atoms with Crippen LogP contribution in [0.1, 0.15) is 5.56 Å².